The van der Waals surface area contributed by atoms with Crippen molar-refractivity contribution in [3.63, 3.8) is 0 Å². The number of furan rings is 1. The summed E-state index contributed by atoms with van der Waals surface area (Å²) in [6, 6.07) is 12.1. The number of aliphatic hydroxyl groups is 1. The van der Waals surface area contributed by atoms with Gasteiger partial charge in [-0.15, -0.1) is 0 Å². The third-order valence-electron chi connectivity index (χ3n) is 6.60. The van der Waals surface area contributed by atoms with Gasteiger partial charge in [0.05, 0.1) is 48.2 Å². The zero-order valence-electron chi connectivity index (χ0n) is 19.6. The largest absolute Gasteiger partial charge is 0.507 e. The molecule has 1 amide bonds. The number of benzene rings is 1. The van der Waals surface area contributed by atoms with Gasteiger partial charge in [-0.05, 0) is 37.6 Å². The summed E-state index contributed by atoms with van der Waals surface area (Å²) in [5.41, 5.74) is 1.91. The number of rotatable bonds is 7. The maximum atomic E-state index is 13.2. The van der Waals surface area contributed by atoms with Gasteiger partial charge in [0.15, 0.2) is 0 Å². The average Bonchev–Trinajstić information content (AvgIpc) is 3.60. The number of ketones is 1. The van der Waals surface area contributed by atoms with Crippen LogP contribution in [0.15, 0.2) is 64.9 Å². The first-order valence-corrected chi connectivity index (χ1v) is 11.8. The quantitative estimate of drug-likeness (QED) is 0.318. The molecule has 0 radical (unpaired) electrons. The van der Waals surface area contributed by atoms with E-state index in [9.17, 15) is 14.7 Å². The van der Waals surface area contributed by atoms with Gasteiger partial charge in [0, 0.05) is 26.2 Å². The van der Waals surface area contributed by atoms with Crippen LogP contribution in [0.25, 0.3) is 11.4 Å². The van der Waals surface area contributed by atoms with Crippen molar-refractivity contribution in [1.82, 2.24) is 19.6 Å². The van der Waals surface area contributed by atoms with E-state index in [-0.39, 0.29) is 11.3 Å². The Bertz CT molecular complexity index is 1230. The molecule has 182 valence electrons. The lowest BCUT2D eigenvalue weighted by atomic mass is 9.99. The highest BCUT2D eigenvalue weighted by atomic mass is 16.5. The number of Topliss-reactive ketones (excluding diaryl/α,β-unsaturated/α-hetero) is 1. The minimum absolute atomic E-state index is 0.0204. The summed E-state index contributed by atoms with van der Waals surface area (Å²) >= 11 is 0. The molecular weight excluding hydrogens is 448 g/mol. The summed E-state index contributed by atoms with van der Waals surface area (Å²) < 4.78 is 12.7. The van der Waals surface area contributed by atoms with Crippen LogP contribution in [-0.4, -0.2) is 75.8 Å². The molecule has 1 N–H and O–H groups in total. The van der Waals surface area contributed by atoms with Gasteiger partial charge in [-0.25, -0.2) is 4.68 Å². The molecule has 4 heterocycles. The van der Waals surface area contributed by atoms with E-state index in [0.717, 1.165) is 25.3 Å². The number of amides is 1. The normalized spacial score (nSPS) is 20.6. The van der Waals surface area contributed by atoms with E-state index in [4.69, 9.17) is 9.15 Å². The Morgan fingerprint density at radius 2 is 1.86 bits per heavy atom. The topological polar surface area (TPSA) is 101 Å². The molecule has 0 aliphatic carbocycles. The van der Waals surface area contributed by atoms with Gasteiger partial charge in [-0.2, -0.15) is 5.10 Å². The SMILES string of the molecule is Cc1c(C(O)=C2C(=O)C(=O)N(CCCN3CCOCC3)[C@H]2c2ccco2)cnn1-c1ccccc1. The predicted molar refractivity (Wildman–Crippen MR) is 128 cm³/mol. The summed E-state index contributed by atoms with van der Waals surface area (Å²) in [5.74, 6) is -1.17. The number of morpholine rings is 1. The fourth-order valence-electron chi connectivity index (χ4n) is 4.76. The summed E-state index contributed by atoms with van der Waals surface area (Å²) in [7, 11) is 0. The monoisotopic (exact) mass is 476 g/mol. The van der Waals surface area contributed by atoms with Crippen LogP contribution in [0.3, 0.4) is 0 Å². The van der Waals surface area contributed by atoms with Crippen molar-refractivity contribution in [2.75, 3.05) is 39.4 Å². The average molecular weight is 477 g/mol. The van der Waals surface area contributed by atoms with Gasteiger partial charge in [-0.3, -0.25) is 14.5 Å². The summed E-state index contributed by atoms with van der Waals surface area (Å²) in [5, 5.41) is 15.7. The van der Waals surface area contributed by atoms with Crippen LogP contribution >= 0.6 is 0 Å². The van der Waals surface area contributed by atoms with Crippen LogP contribution in [0.4, 0.5) is 0 Å². The minimum Gasteiger partial charge on any atom is -0.507 e. The summed E-state index contributed by atoms with van der Waals surface area (Å²) in [4.78, 5) is 30.1. The molecule has 2 aromatic heterocycles. The van der Waals surface area contributed by atoms with Crippen molar-refractivity contribution < 1.29 is 23.8 Å². The van der Waals surface area contributed by atoms with Gasteiger partial charge < -0.3 is 19.2 Å². The molecule has 0 spiro atoms. The van der Waals surface area contributed by atoms with Crippen LogP contribution in [0.1, 0.15) is 29.5 Å². The van der Waals surface area contributed by atoms with Gasteiger partial charge >= 0.3 is 0 Å². The van der Waals surface area contributed by atoms with Crippen molar-refractivity contribution in [3.8, 4) is 5.69 Å². The van der Waals surface area contributed by atoms with E-state index in [1.165, 1.54) is 17.4 Å². The maximum absolute atomic E-state index is 13.2. The first-order chi connectivity index (χ1) is 17.1. The maximum Gasteiger partial charge on any atom is 0.295 e. The zero-order valence-corrected chi connectivity index (χ0v) is 19.6. The highest BCUT2D eigenvalue weighted by Gasteiger charge is 2.47. The molecule has 1 atom stereocenters. The van der Waals surface area contributed by atoms with Gasteiger partial charge in [0.2, 0.25) is 0 Å². The lowest BCUT2D eigenvalue weighted by Gasteiger charge is -2.28. The molecule has 35 heavy (non-hydrogen) atoms. The molecule has 0 bridgehead atoms. The van der Waals surface area contributed by atoms with Crippen LogP contribution in [0.2, 0.25) is 0 Å². The molecule has 9 nitrogen and oxygen atoms in total. The highest BCUT2D eigenvalue weighted by molar-refractivity contribution is 6.46. The summed E-state index contributed by atoms with van der Waals surface area (Å²) in [6.45, 7) is 6.08. The van der Waals surface area contributed by atoms with Gasteiger partial charge in [0.25, 0.3) is 11.7 Å². The molecule has 0 unspecified atom stereocenters. The third-order valence-corrected chi connectivity index (χ3v) is 6.60. The number of hydrogen-bond donors (Lipinski definition) is 1. The Labute approximate surface area is 203 Å². The molecule has 2 aliphatic rings. The molecular formula is C26H28N4O5. The van der Waals surface area contributed by atoms with E-state index in [2.05, 4.69) is 10.00 Å². The Morgan fingerprint density at radius 3 is 2.57 bits per heavy atom. The molecule has 2 saturated heterocycles. The van der Waals surface area contributed by atoms with E-state index < -0.39 is 17.7 Å². The van der Waals surface area contributed by atoms with Crippen molar-refractivity contribution in [1.29, 1.82) is 0 Å². The lowest BCUT2D eigenvalue weighted by molar-refractivity contribution is -0.140. The van der Waals surface area contributed by atoms with E-state index in [1.54, 1.807) is 16.8 Å². The van der Waals surface area contributed by atoms with E-state index in [1.807, 2.05) is 37.3 Å². The standard InChI is InChI=1S/C26H28N4O5/c1-18-20(17-27-30(18)19-7-3-2-4-8-19)24(31)22-23(21-9-5-14-35-21)29(26(33)25(22)32)11-6-10-28-12-15-34-16-13-28/h2-5,7-9,14,17,23,31H,6,10-13,15-16H2,1H3/t23-/m0/s1. The molecule has 9 heteroatoms. The molecule has 1 aromatic carbocycles. The number of carbonyl (C=O) groups excluding carboxylic acids is 2. The van der Waals surface area contributed by atoms with Gasteiger partial charge in [0.1, 0.15) is 17.6 Å². The number of carbonyl (C=O) groups is 2. The molecule has 3 aromatic rings. The Balaban J connectivity index is 1.47. The highest BCUT2D eigenvalue weighted by Crippen LogP contribution is 2.40. The zero-order chi connectivity index (χ0) is 24.4. The van der Waals surface area contributed by atoms with Crippen molar-refractivity contribution in [2.45, 2.75) is 19.4 Å². The molecule has 5 rings (SSSR count). The first kappa shape index (κ1) is 23.1. The fourth-order valence-corrected chi connectivity index (χ4v) is 4.76. The minimum atomic E-state index is -0.797. The van der Waals surface area contributed by atoms with Crippen LogP contribution in [0.5, 0.6) is 0 Å². The number of aromatic nitrogens is 2. The van der Waals surface area contributed by atoms with Crippen LogP contribution in [-0.2, 0) is 14.3 Å². The third kappa shape index (κ3) is 4.40. The van der Waals surface area contributed by atoms with E-state index in [0.29, 0.717) is 43.2 Å². The van der Waals surface area contributed by atoms with Crippen LogP contribution in [0, 0.1) is 6.92 Å². The first-order valence-electron chi connectivity index (χ1n) is 11.8. The lowest BCUT2D eigenvalue weighted by Crippen LogP contribution is -2.38. The second kappa shape index (κ2) is 9.89. The number of nitrogens with zero attached hydrogens (tertiary/aromatic N) is 4. The second-order valence-corrected chi connectivity index (χ2v) is 8.71. The smallest absolute Gasteiger partial charge is 0.295 e. The van der Waals surface area contributed by atoms with Crippen molar-refractivity contribution in [3.05, 3.63) is 77.5 Å². The van der Waals surface area contributed by atoms with Crippen molar-refractivity contribution >= 4 is 17.4 Å². The Morgan fingerprint density at radius 1 is 1.09 bits per heavy atom. The Kier molecular flexibility index (Phi) is 6.52. The summed E-state index contributed by atoms with van der Waals surface area (Å²) in [6.07, 6.45) is 3.71. The molecule has 2 aliphatic heterocycles. The number of likely N-dealkylation sites (tertiary alicyclic amines) is 1. The predicted octanol–water partition coefficient (Wildman–Crippen LogP) is 2.92. The van der Waals surface area contributed by atoms with E-state index >= 15 is 0 Å². The van der Waals surface area contributed by atoms with Crippen LogP contribution < -0.4 is 0 Å². The number of hydrogen-bond acceptors (Lipinski definition) is 7. The Hall–Kier alpha value is -3.69. The number of aliphatic hydroxyl groups excluding tert-OH is 1. The molecule has 0 saturated carbocycles. The number of para-hydroxylation sites is 1. The fraction of sp³-hybridized carbons (Fsp3) is 0.346. The second-order valence-electron chi connectivity index (χ2n) is 8.71. The molecule has 2 fully saturated rings. The van der Waals surface area contributed by atoms with Crippen molar-refractivity contribution in [2.24, 2.45) is 0 Å². The number of ether oxygens (including phenoxy) is 1. The van der Waals surface area contributed by atoms with Gasteiger partial charge in [-0.1, -0.05) is 18.2 Å².